The SMILES string of the molecule is Cc1cccc(NCc2cc(Br)c(O)c(Br)c2)c1C#N. The van der Waals surface area contributed by atoms with Gasteiger partial charge in [0.15, 0.2) is 0 Å². The van der Waals surface area contributed by atoms with Crippen LogP contribution in [0.15, 0.2) is 39.3 Å². The molecule has 0 aliphatic heterocycles. The second kappa shape index (κ2) is 6.29. The minimum absolute atomic E-state index is 0.182. The molecular weight excluding hydrogens is 384 g/mol. The van der Waals surface area contributed by atoms with Crippen LogP contribution in [0, 0.1) is 18.3 Å². The van der Waals surface area contributed by atoms with Crippen molar-refractivity contribution in [2.24, 2.45) is 0 Å². The Morgan fingerprint density at radius 2 is 1.90 bits per heavy atom. The summed E-state index contributed by atoms with van der Waals surface area (Å²) in [5.74, 6) is 0.182. The summed E-state index contributed by atoms with van der Waals surface area (Å²) in [6, 6.07) is 11.6. The molecule has 0 heterocycles. The summed E-state index contributed by atoms with van der Waals surface area (Å²) < 4.78 is 1.27. The largest absolute Gasteiger partial charge is 0.506 e. The zero-order valence-electron chi connectivity index (χ0n) is 10.7. The zero-order valence-corrected chi connectivity index (χ0v) is 13.9. The third-order valence-corrected chi connectivity index (χ3v) is 4.15. The van der Waals surface area contributed by atoms with Gasteiger partial charge in [-0.15, -0.1) is 0 Å². The first kappa shape index (κ1) is 14.9. The first-order valence-corrected chi connectivity index (χ1v) is 7.52. The molecule has 0 saturated carbocycles. The van der Waals surface area contributed by atoms with E-state index in [-0.39, 0.29) is 5.75 Å². The van der Waals surface area contributed by atoms with Crippen molar-refractivity contribution in [2.75, 3.05) is 5.32 Å². The van der Waals surface area contributed by atoms with Gasteiger partial charge in [-0.3, -0.25) is 0 Å². The number of phenolic OH excluding ortho intramolecular Hbond substituents is 1. The van der Waals surface area contributed by atoms with E-state index in [2.05, 4.69) is 43.2 Å². The summed E-state index contributed by atoms with van der Waals surface area (Å²) in [7, 11) is 0. The molecule has 0 spiro atoms. The Morgan fingerprint density at radius 1 is 1.25 bits per heavy atom. The van der Waals surface area contributed by atoms with Gasteiger partial charge in [0.1, 0.15) is 11.8 Å². The lowest BCUT2D eigenvalue weighted by molar-refractivity contribution is 0.468. The molecule has 0 aliphatic carbocycles. The Bertz CT molecular complexity index is 670. The van der Waals surface area contributed by atoms with Crippen molar-refractivity contribution < 1.29 is 5.11 Å². The molecule has 0 fully saturated rings. The van der Waals surface area contributed by atoms with Gasteiger partial charge >= 0.3 is 0 Å². The molecule has 102 valence electrons. The van der Waals surface area contributed by atoms with Gasteiger partial charge in [0, 0.05) is 6.54 Å². The number of aryl methyl sites for hydroxylation is 1. The number of nitrogens with one attached hydrogen (secondary N) is 1. The maximum absolute atomic E-state index is 9.68. The lowest BCUT2D eigenvalue weighted by Gasteiger charge is -2.11. The van der Waals surface area contributed by atoms with Gasteiger partial charge in [-0.05, 0) is 68.1 Å². The molecule has 0 aromatic heterocycles. The molecule has 3 nitrogen and oxygen atoms in total. The molecule has 0 saturated heterocycles. The van der Waals surface area contributed by atoms with E-state index in [9.17, 15) is 10.4 Å². The number of nitriles is 1. The molecule has 0 bridgehead atoms. The molecular formula is C15H12Br2N2O. The average Bonchev–Trinajstić information content (AvgIpc) is 2.42. The van der Waals surface area contributed by atoms with Gasteiger partial charge in [-0.1, -0.05) is 12.1 Å². The standard InChI is InChI=1S/C15H12Br2N2O/c1-9-3-2-4-14(11(9)7-18)19-8-10-5-12(16)15(20)13(17)6-10/h2-6,19-20H,8H2,1H3. The molecule has 2 aromatic rings. The van der Waals surface area contributed by atoms with E-state index in [0.717, 1.165) is 16.8 Å². The normalized spacial score (nSPS) is 10.1. The van der Waals surface area contributed by atoms with Crippen molar-refractivity contribution >= 4 is 37.5 Å². The molecule has 0 amide bonds. The van der Waals surface area contributed by atoms with E-state index in [1.165, 1.54) is 0 Å². The summed E-state index contributed by atoms with van der Waals surface area (Å²) in [5, 5.41) is 22.1. The molecule has 2 N–H and O–H groups in total. The van der Waals surface area contributed by atoms with Gasteiger partial charge in [-0.2, -0.15) is 5.26 Å². The highest BCUT2D eigenvalue weighted by Crippen LogP contribution is 2.33. The van der Waals surface area contributed by atoms with Crippen molar-refractivity contribution in [3.63, 3.8) is 0 Å². The fraction of sp³-hybridized carbons (Fsp3) is 0.133. The van der Waals surface area contributed by atoms with Crippen LogP contribution in [0.25, 0.3) is 0 Å². The van der Waals surface area contributed by atoms with Gasteiger partial charge in [-0.25, -0.2) is 0 Å². The van der Waals surface area contributed by atoms with Crippen molar-refractivity contribution in [1.29, 1.82) is 5.26 Å². The number of rotatable bonds is 3. The van der Waals surface area contributed by atoms with Gasteiger partial charge in [0.25, 0.3) is 0 Å². The lowest BCUT2D eigenvalue weighted by Crippen LogP contribution is -2.02. The smallest absolute Gasteiger partial charge is 0.143 e. The molecule has 0 atom stereocenters. The van der Waals surface area contributed by atoms with E-state index in [1.807, 2.05) is 37.3 Å². The Hall–Kier alpha value is -1.51. The number of phenols is 1. The summed E-state index contributed by atoms with van der Waals surface area (Å²) in [6.07, 6.45) is 0. The molecule has 0 aliphatic rings. The van der Waals surface area contributed by atoms with Crippen LogP contribution in [0.3, 0.4) is 0 Å². The predicted molar refractivity (Wildman–Crippen MR) is 86.7 cm³/mol. The maximum atomic E-state index is 9.68. The maximum Gasteiger partial charge on any atom is 0.143 e. The van der Waals surface area contributed by atoms with E-state index >= 15 is 0 Å². The van der Waals surface area contributed by atoms with Crippen LogP contribution in [0.1, 0.15) is 16.7 Å². The molecule has 5 heteroatoms. The third kappa shape index (κ3) is 3.14. The number of hydrogen-bond acceptors (Lipinski definition) is 3. The summed E-state index contributed by atoms with van der Waals surface area (Å²) in [5.41, 5.74) is 3.41. The van der Waals surface area contributed by atoms with Crippen LogP contribution in [0.4, 0.5) is 5.69 Å². The molecule has 0 unspecified atom stereocenters. The highest BCUT2D eigenvalue weighted by atomic mass is 79.9. The van der Waals surface area contributed by atoms with E-state index in [1.54, 1.807) is 0 Å². The molecule has 2 rings (SSSR count). The van der Waals surface area contributed by atoms with Crippen LogP contribution < -0.4 is 5.32 Å². The van der Waals surface area contributed by atoms with Crippen LogP contribution in [0.2, 0.25) is 0 Å². The van der Waals surface area contributed by atoms with Gasteiger partial charge < -0.3 is 10.4 Å². The topological polar surface area (TPSA) is 56.0 Å². The Labute approximate surface area is 134 Å². The average molecular weight is 396 g/mol. The Morgan fingerprint density at radius 3 is 2.50 bits per heavy atom. The fourth-order valence-corrected chi connectivity index (χ4v) is 3.16. The first-order chi connectivity index (χ1) is 9.52. The van der Waals surface area contributed by atoms with Crippen molar-refractivity contribution in [1.82, 2.24) is 0 Å². The second-order valence-electron chi connectivity index (χ2n) is 4.37. The Kier molecular flexibility index (Phi) is 4.69. The summed E-state index contributed by atoms with van der Waals surface area (Å²) >= 11 is 6.61. The highest BCUT2D eigenvalue weighted by Gasteiger charge is 2.08. The van der Waals surface area contributed by atoms with Crippen LogP contribution in [-0.2, 0) is 6.54 Å². The van der Waals surface area contributed by atoms with Crippen LogP contribution >= 0.6 is 31.9 Å². The van der Waals surface area contributed by atoms with E-state index in [0.29, 0.717) is 21.1 Å². The van der Waals surface area contributed by atoms with Crippen LogP contribution in [-0.4, -0.2) is 5.11 Å². The van der Waals surface area contributed by atoms with E-state index in [4.69, 9.17) is 0 Å². The lowest BCUT2D eigenvalue weighted by atomic mass is 10.1. The summed E-state index contributed by atoms with van der Waals surface area (Å²) in [6.45, 7) is 2.48. The minimum atomic E-state index is 0.182. The number of nitrogens with zero attached hydrogens (tertiary/aromatic N) is 1. The second-order valence-corrected chi connectivity index (χ2v) is 6.08. The monoisotopic (exact) mass is 394 g/mol. The zero-order chi connectivity index (χ0) is 14.7. The van der Waals surface area contributed by atoms with Gasteiger partial charge in [0.2, 0.25) is 0 Å². The number of halogens is 2. The quantitative estimate of drug-likeness (QED) is 0.791. The fourth-order valence-electron chi connectivity index (χ4n) is 1.88. The predicted octanol–water partition coefficient (Wildman–Crippen LogP) is 4.71. The first-order valence-electron chi connectivity index (χ1n) is 5.93. The number of benzene rings is 2. The summed E-state index contributed by atoms with van der Waals surface area (Å²) in [4.78, 5) is 0. The molecule has 20 heavy (non-hydrogen) atoms. The minimum Gasteiger partial charge on any atom is -0.506 e. The highest BCUT2D eigenvalue weighted by molar-refractivity contribution is 9.11. The van der Waals surface area contributed by atoms with E-state index < -0.39 is 0 Å². The van der Waals surface area contributed by atoms with Crippen LogP contribution in [0.5, 0.6) is 5.75 Å². The third-order valence-electron chi connectivity index (χ3n) is 2.94. The van der Waals surface area contributed by atoms with Crippen molar-refractivity contribution in [2.45, 2.75) is 13.5 Å². The Balaban J connectivity index is 2.22. The van der Waals surface area contributed by atoms with Crippen molar-refractivity contribution in [3.05, 3.63) is 56.0 Å². The molecule has 2 aromatic carbocycles. The number of aromatic hydroxyl groups is 1. The van der Waals surface area contributed by atoms with Gasteiger partial charge in [0.05, 0.1) is 20.2 Å². The number of anilines is 1. The number of hydrogen-bond donors (Lipinski definition) is 2. The molecule has 0 radical (unpaired) electrons. The van der Waals surface area contributed by atoms with Crippen molar-refractivity contribution in [3.8, 4) is 11.8 Å².